The smallest absolute Gasteiger partial charge is 0.326 e. The molecule has 1 amide bonds. The number of carboxylic acid groups (broad SMARTS) is 1. The fourth-order valence-electron chi connectivity index (χ4n) is 3.06. The lowest BCUT2D eigenvalue weighted by atomic mass is 10.0. The molecular formula is C21H28N2O4. The van der Waals surface area contributed by atoms with Crippen LogP contribution in [-0.4, -0.2) is 33.5 Å². The molecule has 1 heterocycles. The fourth-order valence-corrected chi connectivity index (χ4v) is 3.06. The predicted octanol–water partition coefficient (Wildman–Crippen LogP) is 3.63. The Kier molecular flexibility index (Phi) is 7.16. The number of hydrogen-bond acceptors (Lipinski definition) is 3. The number of rotatable bonds is 9. The van der Waals surface area contributed by atoms with Gasteiger partial charge in [0.2, 0.25) is 11.8 Å². The zero-order valence-electron chi connectivity index (χ0n) is 16.2. The summed E-state index contributed by atoms with van der Waals surface area (Å²) in [6.45, 7) is 5.98. The molecule has 0 unspecified atom stereocenters. The van der Waals surface area contributed by atoms with Crippen LogP contribution in [0.5, 0.6) is 0 Å². The molecule has 0 aliphatic heterocycles. The molecule has 0 aliphatic carbocycles. The molecule has 1 aromatic carbocycles. The SMILES string of the molecule is CCCC(=O)n1cc(C[C@H](NC(=O)CCC(C)C)C(=O)O)c2ccccc21. The van der Waals surface area contributed by atoms with Gasteiger partial charge in [-0.3, -0.25) is 14.2 Å². The van der Waals surface area contributed by atoms with Gasteiger partial charge in [0.25, 0.3) is 0 Å². The van der Waals surface area contributed by atoms with Crippen molar-refractivity contribution in [2.45, 2.75) is 58.9 Å². The minimum Gasteiger partial charge on any atom is -0.480 e. The van der Waals surface area contributed by atoms with Crippen molar-refractivity contribution in [1.29, 1.82) is 0 Å². The highest BCUT2D eigenvalue weighted by molar-refractivity contribution is 5.95. The average Bonchev–Trinajstić information content (AvgIpc) is 2.98. The van der Waals surface area contributed by atoms with Crippen LogP contribution in [0.4, 0.5) is 0 Å². The van der Waals surface area contributed by atoms with Gasteiger partial charge in [0.05, 0.1) is 5.52 Å². The van der Waals surface area contributed by atoms with Crippen LogP contribution in [0.15, 0.2) is 30.5 Å². The summed E-state index contributed by atoms with van der Waals surface area (Å²) in [5.41, 5.74) is 1.51. The Morgan fingerprint density at radius 2 is 1.85 bits per heavy atom. The van der Waals surface area contributed by atoms with E-state index in [1.54, 1.807) is 10.8 Å². The Bertz CT molecular complexity index is 823. The van der Waals surface area contributed by atoms with E-state index < -0.39 is 12.0 Å². The van der Waals surface area contributed by atoms with Gasteiger partial charge in [-0.2, -0.15) is 0 Å². The summed E-state index contributed by atoms with van der Waals surface area (Å²) in [7, 11) is 0. The number of aliphatic carboxylic acids is 1. The third-order valence-corrected chi connectivity index (χ3v) is 4.53. The Labute approximate surface area is 159 Å². The second-order valence-corrected chi connectivity index (χ2v) is 7.28. The lowest BCUT2D eigenvalue weighted by Crippen LogP contribution is -2.42. The molecule has 27 heavy (non-hydrogen) atoms. The third kappa shape index (κ3) is 5.42. The monoisotopic (exact) mass is 372 g/mol. The molecule has 2 N–H and O–H groups in total. The molecule has 0 saturated carbocycles. The van der Waals surface area contributed by atoms with Crippen molar-refractivity contribution in [1.82, 2.24) is 9.88 Å². The standard InChI is InChI=1S/C21H28N2O4/c1-4-7-20(25)23-13-15(16-8-5-6-9-18(16)23)12-17(21(26)27)22-19(24)11-10-14(2)3/h5-6,8-9,13-14,17H,4,7,10-12H2,1-3H3,(H,22,24)(H,26,27)/t17-/m0/s1. The van der Waals surface area contributed by atoms with Gasteiger partial charge < -0.3 is 10.4 Å². The third-order valence-electron chi connectivity index (χ3n) is 4.53. The Hall–Kier alpha value is -2.63. The first-order valence-corrected chi connectivity index (χ1v) is 9.47. The van der Waals surface area contributed by atoms with Crippen molar-refractivity contribution in [3.05, 3.63) is 36.0 Å². The molecule has 1 aromatic heterocycles. The first-order chi connectivity index (χ1) is 12.8. The quantitative estimate of drug-likeness (QED) is 0.703. The second-order valence-electron chi connectivity index (χ2n) is 7.28. The van der Waals surface area contributed by atoms with Crippen molar-refractivity contribution in [2.75, 3.05) is 0 Å². The van der Waals surface area contributed by atoms with E-state index in [1.807, 2.05) is 45.0 Å². The number of nitrogens with zero attached hydrogens (tertiary/aromatic N) is 1. The number of aromatic nitrogens is 1. The van der Waals surface area contributed by atoms with Crippen molar-refractivity contribution < 1.29 is 19.5 Å². The van der Waals surface area contributed by atoms with Crippen LogP contribution >= 0.6 is 0 Å². The molecule has 0 bridgehead atoms. The maximum Gasteiger partial charge on any atom is 0.326 e. The maximum atomic E-state index is 12.4. The summed E-state index contributed by atoms with van der Waals surface area (Å²) in [5.74, 6) is -0.985. The summed E-state index contributed by atoms with van der Waals surface area (Å²) in [4.78, 5) is 36.1. The number of hydrogen-bond donors (Lipinski definition) is 2. The van der Waals surface area contributed by atoms with Gasteiger partial charge in [-0.05, 0) is 30.4 Å². The normalized spacial score (nSPS) is 12.3. The molecule has 0 spiro atoms. The molecule has 146 valence electrons. The van der Waals surface area contributed by atoms with Crippen LogP contribution in [-0.2, 0) is 16.0 Å². The maximum absolute atomic E-state index is 12.4. The molecule has 2 aromatic rings. The number of nitrogens with one attached hydrogen (secondary N) is 1. The highest BCUT2D eigenvalue weighted by Crippen LogP contribution is 2.23. The van der Waals surface area contributed by atoms with Crippen LogP contribution in [0, 0.1) is 5.92 Å². The van der Waals surface area contributed by atoms with Crippen LogP contribution in [0.1, 0.15) is 56.8 Å². The van der Waals surface area contributed by atoms with E-state index in [2.05, 4.69) is 5.32 Å². The van der Waals surface area contributed by atoms with Crippen LogP contribution in [0.25, 0.3) is 10.9 Å². The summed E-state index contributed by atoms with van der Waals surface area (Å²) < 4.78 is 1.59. The molecule has 0 saturated heterocycles. The highest BCUT2D eigenvalue weighted by atomic mass is 16.4. The Morgan fingerprint density at radius 1 is 1.15 bits per heavy atom. The predicted molar refractivity (Wildman–Crippen MR) is 105 cm³/mol. The van der Waals surface area contributed by atoms with Crippen molar-refractivity contribution in [2.24, 2.45) is 5.92 Å². The van der Waals surface area contributed by atoms with Crippen LogP contribution < -0.4 is 5.32 Å². The number of carboxylic acids is 1. The molecule has 0 aliphatic rings. The van der Waals surface area contributed by atoms with Crippen LogP contribution in [0.3, 0.4) is 0 Å². The fraction of sp³-hybridized carbons (Fsp3) is 0.476. The highest BCUT2D eigenvalue weighted by Gasteiger charge is 2.23. The minimum absolute atomic E-state index is 0.0206. The van der Waals surface area contributed by atoms with E-state index in [1.165, 1.54) is 0 Å². The van der Waals surface area contributed by atoms with Gasteiger partial charge in [-0.25, -0.2) is 4.79 Å². The first kappa shape index (κ1) is 20.7. The first-order valence-electron chi connectivity index (χ1n) is 9.47. The minimum atomic E-state index is -1.08. The number of carbonyl (C=O) groups excluding carboxylic acids is 2. The number of carbonyl (C=O) groups is 3. The number of amides is 1. The zero-order valence-corrected chi connectivity index (χ0v) is 16.2. The molecular weight excluding hydrogens is 344 g/mol. The second kappa shape index (κ2) is 9.35. The molecule has 6 heteroatoms. The number of para-hydroxylation sites is 1. The topological polar surface area (TPSA) is 88.4 Å². The number of benzene rings is 1. The average molecular weight is 372 g/mol. The molecule has 1 atom stereocenters. The van der Waals surface area contributed by atoms with E-state index in [0.717, 1.165) is 22.9 Å². The van der Waals surface area contributed by atoms with E-state index in [9.17, 15) is 19.5 Å². The van der Waals surface area contributed by atoms with Crippen molar-refractivity contribution in [3.8, 4) is 0 Å². The van der Waals surface area contributed by atoms with Gasteiger partial charge in [0.1, 0.15) is 6.04 Å². The zero-order chi connectivity index (χ0) is 20.0. The molecule has 2 rings (SSSR count). The lowest BCUT2D eigenvalue weighted by molar-refractivity contribution is -0.141. The van der Waals surface area contributed by atoms with Gasteiger partial charge in [-0.15, -0.1) is 0 Å². The Morgan fingerprint density at radius 3 is 2.48 bits per heavy atom. The van der Waals surface area contributed by atoms with E-state index in [0.29, 0.717) is 25.2 Å². The van der Waals surface area contributed by atoms with E-state index in [4.69, 9.17) is 0 Å². The largest absolute Gasteiger partial charge is 0.480 e. The van der Waals surface area contributed by atoms with Crippen LogP contribution in [0.2, 0.25) is 0 Å². The molecule has 0 fully saturated rings. The van der Waals surface area contributed by atoms with E-state index >= 15 is 0 Å². The number of fused-ring (bicyclic) bond motifs is 1. The summed E-state index contributed by atoms with van der Waals surface area (Å²) in [5, 5.41) is 13.0. The summed E-state index contributed by atoms with van der Waals surface area (Å²) in [6, 6.07) is 6.41. The van der Waals surface area contributed by atoms with E-state index in [-0.39, 0.29) is 18.2 Å². The lowest BCUT2D eigenvalue weighted by Gasteiger charge is -2.14. The van der Waals surface area contributed by atoms with Crippen molar-refractivity contribution in [3.63, 3.8) is 0 Å². The summed E-state index contributed by atoms with van der Waals surface area (Å²) >= 11 is 0. The van der Waals surface area contributed by atoms with Gasteiger partial charge in [0, 0.05) is 30.8 Å². The van der Waals surface area contributed by atoms with Gasteiger partial charge >= 0.3 is 5.97 Å². The van der Waals surface area contributed by atoms with Crippen molar-refractivity contribution >= 4 is 28.7 Å². The molecule has 0 radical (unpaired) electrons. The van der Waals surface area contributed by atoms with Gasteiger partial charge in [0.15, 0.2) is 0 Å². The van der Waals surface area contributed by atoms with Gasteiger partial charge in [-0.1, -0.05) is 39.0 Å². The summed E-state index contributed by atoms with van der Waals surface area (Å²) in [6.07, 6.45) is 4.02. The Balaban J connectivity index is 2.25. The molecule has 6 nitrogen and oxygen atoms in total.